The summed E-state index contributed by atoms with van der Waals surface area (Å²) in [5.41, 5.74) is 2.91. The molecule has 190 valence electrons. The molecule has 0 amide bonds. The average molecular weight is 491 g/mol. The van der Waals surface area contributed by atoms with Gasteiger partial charge in [-0.2, -0.15) is 0 Å². The third-order valence-corrected chi connectivity index (χ3v) is 6.28. The van der Waals surface area contributed by atoms with Gasteiger partial charge in [0.25, 0.3) is 0 Å². The van der Waals surface area contributed by atoms with E-state index in [0.717, 1.165) is 21.9 Å². The van der Waals surface area contributed by atoms with Crippen LogP contribution in [0.1, 0.15) is 25.0 Å². The van der Waals surface area contributed by atoms with Gasteiger partial charge >= 0.3 is 0 Å². The molecule has 0 radical (unpaired) electrons. The quantitative estimate of drug-likeness (QED) is 0.233. The lowest BCUT2D eigenvalue weighted by molar-refractivity contribution is 0.110. The van der Waals surface area contributed by atoms with Gasteiger partial charge in [-0.15, -0.1) is 0 Å². The van der Waals surface area contributed by atoms with Crippen LogP contribution in [0.2, 0.25) is 0 Å². The Kier molecular flexibility index (Phi) is 8.18. The number of hydrogen-bond donors (Lipinski definition) is 2. The molecule has 0 aliphatic rings. The molecule has 0 aliphatic carbocycles. The zero-order chi connectivity index (χ0) is 25.7. The Morgan fingerprint density at radius 1 is 0.611 bits per heavy atom. The van der Waals surface area contributed by atoms with E-state index in [1.807, 2.05) is 64.1 Å². The zero-order valence-corrected chi connectivity index (χ0v) is 21.4. The van der Waals surface area contributed by atoms with Crippen LogP contribution in [0.5, 0.6) is 23.0 Å². The Morgan fingerprint density at radius 2 is 1.03 bits per heavy atom. The molecular formula is C30H34O6. The molecule has 4 aromatic carbocycles. The van der Waals surface area contributed by atoms with Crippen LogP contribution in [0, 0.1) is 13.8 Å². The van der Waals surface area contributed by atoms with Gasteiger partial charge in [-0.05, 0) is 51.0 Å². The molecule has 0 aliphatic heterocycles. The molecule has 0 spiro atoms. The Bertz CT molecular complexity index is 1260. The predicted molar refractivity (Wildman–Crippen MR) is 144 cm³/mol. The van der Waals surface area contributed by atoms with Crippen LogP contribution in [0.3, 0.4) is 0 Å². The molecule has 0 saturated heterocycles. The number of aromatic hydroxyl groups is 2. The molecule has 0 bridgehead atoms. The van der Waals surface area contributed by atoms with Crippen molar-refractivity contribution in [3.05, 3.63) is 59.7 Å². The van der Waals surface area contributed by atoms with Gasteiger partial charge in [0.15, 0.2) is 0 Å². The molecule has 6 nitrogen and oxygen atoms in total. The van der Waals surface area contributed by atoms with Crippen LogP contribution in [-0.2, 0) is 9.47 Å². The van der Waals surface area contributed by atoms with Crippen molar-refractivity contribution in [1.29, 1.82) is 0 Å². The Labute approximate surface area is 212 Å². The molecule has 36 heavy (non-hydrogen) atoms. The lowest BCUT2D eigenvalue weighted by Crippen LogP contribution is -2.07. The summed E-state index contributed by atoms with van der Waals surface area (Å²) in [6.45, 7) is 10.7. The first-order valence-electron chi connectivity index (χ1n) is 12.4. The van der Waals surface area contributed by atoms with Crippen LogP contribution in [0.25, 0.3) is 32.7 Å². The monoisotopic (exact) mass is 490 g/mol. The fraction of sp³-hybridized carbons (Fsp3) is 0.333. The van der Waals surface area contributed by atoms with Crippen molar-refractivity contribution in [1.82, 2.24) is 0 Å². The molecule has 0 fully saturated rings. The highest BCUT2D eigenvalue weighted by Gasteiger charge is 2.21. The molecule has 0 saturated carbocycles. The summed E-state index contributed by atoms with van der Waals surface area (Å²) in [7, 11) is 0. The lowest BCUT2D eigenvalue weighted by Gasteiger charge is -2.19. The number of ether oxygens (including phenoxy) is 4. The van der Waals surface area contributed by atoms with E-state index in [1.165, 1.54) is 0 Å². The smallest absolute Gasteiger partial charge is 0.131 e. The Balaban J connectivity index is 1.90. The third-order valence-electron chi connectivity index (χ3n) is 6.28. The summed E-state index contributed by atoms with van der Waals surface area (Å²) in [4.78, 5) is 0. The van der Waals surface area contributed by atoms with Crippen molar-refractivity contribution in [3.63, 3.8) is 0 Å². The minimum absolute atomic E-state index is 0.0772. The van der Waals surface area contributed by atoms with E-state index < -0.39 is 0 Å². The summed E-state index contributed by atoms with van der Waals surface area (Å²) >= 11 is 0. The van der Waals surface area contributed by atoms with Crippen molar-refractivity contribution in [2.75, 3.05) is 39.6 Å². The molecule has 2 N–H and O–H groups in total. The van der Waals surface area contributed by atoms with Crippen LogP contribution >= 0.6 is 0 Å². The number of aryl methyl sites for hydroxylation is 2. The molecule has 6 heteroatoms. The van der Waals surface area contributed by atoms with Gasteiger partial charge < -0.3 is 29.2 Å². The van der Waals surface area contributed by atoms with E-state index in [0.29, 0.717) is 73.0 Å². The second kappa shape index (κ2) is 11.5. The topological polar surface area (TPSA) is 77.4 Å². The number of benzene rings is 4. The van der Waals surface area contributed by atoms with E-state index in [-0.39, 0.29) is 11.5 Å². The molecule has 4 aromatic rings. The maximum atomic E-state index is 11.4. The van der Waals surface area contributed by atoms with Gasteiger partial charge in [0, 0.05) is 45.9 Å². The second-order valence-electron chi connectivity index (χ2n) is 8.63. The predicted octanol–water partition coefficient (Wildman–Crippen LogP) is 6.52. The lowest BCUT2D eigenvalue weighted by atomic mass is 9.93. The van der Waals surface area contributed by atoms with Crippen LogP contribution in [0.4, 0.5) is 0 Å². The highest BCUT2D eigenvalue weighted by Crippen LogP contribution is 2.49. The molecule has 0 unspecified atom stereocenters. The summed E-state index contributed by atoms with van der Waals surface area (Å²) < 4.78 is 23.1. The number of phenols is 2. The van der Waals surface area contributed by atoms with Gasteiger partial charge in [0.05, 0.1) is 13.2 Å². The standard InChI is InChI=1S/C30H34O6/c1-5-33-13-15-35-25-17-23(29(31)21-11-7-9-19(3)27(21)25)24-18-26(36-16-14-34-6-2)28-20(4)10-8-12-22(28)30(24)32/h7-12,17-18,31-32H,5-6,13-16H2,1-4H3. The van der Waals surface area contributed by atoms with Crippen LogP contribution in [-0.4, -0.2) is 49.9 Å². The SMILES string of the molecule is CCOCCOc1cc(-c2cc(OCCOCC)c3c(C)cccc3c2O)c(O)c2cccc(C)c12. The summed E-state index contributed by atoms with van der Waals surface area (Å²) in [6, 6.07) is 15.1. The maximum absolute atomic E-state index is 11.4. The first kappa shape index (κ1) is 25.6. The minimum atomic E-state index is 0.0772. The van der Waals surface area contributed by atoms with Gasteiger partial charge in [-0.25, -0.2) is 0 Å². The Morgan fingerprint density at radius 3 is 1.42 bits per heavy atom. The molecular weight excluding hydrogens is 456 g/mol. The maximum Gasteiger partial charge on any atom is 0.131 e. The van der Waals surface area contributed by atoms with Crippen molar-refractivity contribution in [2.24, 2.45) is 0 Å². The average Bonchev–Trinajstić information content (AvgIpc) is 2.87. The largest absolute Gasteiger partial charge is 0.507 e. The molecule has 0 aromatic heterocycles. The second-order valence-corrected chi connectivity index (χ2v) is 8.63. The van der Waals surface area contributed by atoms with E-state index >= 15 is 0 Å². The van der Waals surface area contributed by atoms with E-state index in [2.05, 4.69) is 0 Å². The van der Waals surface area contributed by atoms with Gasteiger partial charge in [-0.3, -0.25) is 0 Å². The first-order chi connectivity index (χ1) is 17.5. The summed E-state index contributed by atoms with van der Waals surface area (Å²) in [6.07, 6.45) is 0. The highest BCUT2D eigenvalue weighted by molar-refractivity contribution is 6.05. The Hall–Kier alpha value is -3.48. The molecule has 0 heterocycles. The van der Waals surface area contributed by atoms with Crippen LogP contribution in [0.15, 0.2) is 48.5 Å². The number of phenolic OH excluding ortho intramolecular Hbond substituents is 2. The van der Waals surface area contributed by atoms with Gasteiger partial charge in [0.1, 0.15) is 36.2 Å². The fourth-order valence-electron chi connectivity index (χ4n) is 4.57. The number of hydrogen-bond acceptors (Lipinski definition) is 6. The molecule has 0 atom stereocenters. The first-order valence-corrected chi connectivity index (χ1v) is 12.4. The number of rotatable bonds is 11. The summed E-state index contributed by atoms with van der Waals surface area (Å²) in [5, 5.41) is 25.8. The van der Waals surface area contributed by atoms with Gasteiger partial charge in [0.2, 0.25) is 0 Å². The molecule has 4 rings (SSSR count). The van der Waals surface area contributed by atoms with Crippen molar-refractivity contribution in [3.8, 4) is 34.1 Å². The third kappa shape index (κ3) is 5.06. The van der Waals surface area contributed by atoms with Crippen LogP contribution < -0.4 is 9.47 Å². The van der Waals surface area contributed by atoms with Crippen molar-refractivity contribution in [2.45, 2.75) is 27.7 Å². The van der Waals surface area contributed by atoms with E-state index in [1.54, 1.807) is 12.1 Å². The summed E-state index contributed by atoms with van der Waals surface area (Å²) in [5.74, 6) is 1.40. The highest BCUT2D eigenvalue weighted by atomic mass is 16.5. The number of fused-ring (bicyclic) bond motifs is 2. The minimum Gasteiger partial charge on any atom is -0.507 e. The normalized spacial score (nSPS) is 11.3. The van der Waals surface area contributed by atoms with E-state index in [9.17, 15) is 10.2 Å². The zero-order valence-electron chi connectivity index (χ0n) is 21.4. The van der Waals surface area contributed by atoms with Crippen molar-refractivity contribution >= 4 is 21.5 Å². The fourth-order valence-corrected chi connectivity index (χ4v) is 4.57. The van der Waals surface area contributed by atoms with Gasteiger partial charge in [-0.1, -0.05) is 36.4 Å². The van der Waals surface area contributed by atoms with E-state index in [4.69, 9.17) is 18.9 Å². The van der Waals surface area contributed by atoms with Crippen molar-refractivity contribution < 1.29 is 29.2 Å².